The van der Waals surface area contributed by atoms with Crippen molar-refractivity contribution < 1.29 is 4.79 Å². The quantitative estimate of drug-likeness (QED) is 0.860. The zero-order valence-electron chi connectivity index (χ0n) is 11.4. The van der Waals surface area contributed by atoms with Gasteiger partial charge in [-0.05, 0) is 43.8 Å². The summed E-state index contributed by atoms with van der Waals surface area (Å²) >= 11 is 1.76. The Hall–Kier alpha value is -1.46. The summed E-state index contributed by atoms with van der Waals surface area (Å²) in [5, 5.41) is 5.38. The number of piperidine rings is 1. The highest BCUT2D eigenvalue weighted by Crippen LogP contribution is 2.18. The van der Waals surface area contributed by atoms with E-state index in [9.17, 15) is 4.79 Å². The maximum absolute atomic E-state index is 12.5. The molecule has 5 heteroatoms. The van der Waals surface area contributed by atoms with Crippen LogP contribution in [0.3, 0.4) is 0 Å². The molecule has 0 aliphatic carbocycles. The van der Waals surface area contributed by atoms with Crippen LogP contribution in [-0.2, 0) is 13.0 Å². The SMILES string of the molecule is O=C(c1nccn1CCc1cccs1)C1CCNCC1. The summed E-state index contributed by atoms with van der Waals surface area (Å²) in [5.74, 6) is 0.982. The van der Waals surface area contributed by atoms with Crippen molar-refractivity contribution >= 4 is 17.1 Å². The summed E-state index contributed by atoms with van der Waals surface area (Å²) in [4.78, 5) is 18.2. The van der Waals surface area contributed by atoms with Crippen LogP contribution in [0.4, 0.5) is 0 Å². The fourth-order valence-electron chi connectivity index (χ4n) is 2.67. The molecule has 1 aliphatic rings. The Kier molecular flexibility index (Phi) is 4.28. The minimum atomic E-state index is 0.138. The van der Waals surface area contributed by atoms with Gasteiger partial charge < -0.3 is 9.88 Å². The van der Waals surface area contributed by atoms with E-state index in [1.807, 2.05) is 10.8 Å². The second kappa shape index (κ2) is 6.33. The fraction of sp³-hybridized carbons (Fsp3) is 0.467. The van der Waals surface area contributed by atoms with Gasteiger partial charge in [-0.15, -0.1) is 11.3 Å². The average molecular weight is 289 g/mol. The molecule has 2 aromatic heterocycles. The van der Waals surface area contributed by atoms with Gasteiger partial charge in [0.05, 0.1) is 0 Å². The second-order valence-corrected chi connectivity index (χ2v) is 6.19. The van der Waals surface area contributed by atoms with Gasteiger partial charge in [0.2, 0.25) is 5.78 Å². The van der Waals surface area contributed by atoms with Crippen molar-refractivity contribution in [3.05, 3.63) is 40.6 Å². The molecular formula is C15H19N3OS. The molecule has 0 atom stereocenters. The molecule has 3 heterocycles. The molecule has 2 aromatic rings. The molecule has 0 saturated carbocycles. The van der Waals surface area contributed by atoms with Crippen molar-refractivity contribution in [2.75, 3.05) is 13.1 Å². The van der Waals surface area contributed by atoms with Gasteiger partial charge in [0, 0.05) is 29.7 Å². The second-order valence-electron chi connectivity index (χ2n) is 5.16. The molecule has 0 radical (unpaired) electrons. The van der Waals surface area contributed by atoms with Gasteiger partial charge in [0.25, 0.3) is 0 Å². The lowest BCUT2D eigenvalue weighted by Crippen LogP contribution is -2.33. The van der Waals surface area contributed by atoms with Gasteiger partial charge in [-0.2, -0.15) is 0 Å². The Labute approximate surface area is 122 Å². The third-order valence-corrected chi connectivity index (χ3v) is 4.76. The topological polar surface area (TPSA) is 46.9 Å². The van der Waals surface area contributed by atoms with Crippen LogP contribution in [0.15, 0.2) is 29.9 Å². The smallest absolute Gasteiger partial charge is 0.201 e. The molecule has 1 aliphatic heterocycles. The summed E-state index contributed by atoms with van der Waals surface area (Å²) < 4.78 is 2.00. The van der Waals surface area contributed by atoms with Gasteiger partial charge in [-0.1, -0.05) is 6.07 Å². The first-order chi connectivity index (χ1) is 9.84. The summed E-state index contributed by atoms with van der Waals surface area (Å²) in [7, 11) is 0. The van der Waals surface area contributed by atoms with Crippen molar-refractivity contribution in [3.63, 3.8) is 0 Å². The predicted molar refractivity (Wildman–Crippen MR) is 80.2 cm³/mol. The van der Waals surface area contributed by atoms with E-state index < -0.39 is 0 Å². The number of rotatable bonds is 5. The summed E-state index contributed by atoms with van der Waals surface area (Å²) in [6.45, 7) is 2.70. The lowest BCUT2D eigenvalue weighted by Gasteiger charge is -2.21. The number of aromatic nitrogens is 2. The van der Waals surface area contributed by atoms with Crippen molar-refractivity contribution in [1.82, 2.24) is 14.9 Å². The van der Waals surface area contributed by atoms with E-state index in [1.165, 1.54) is 4.88 Å². The minimum Gasteiger partial charge on any atom is -0.328 e. The number of aryl methyl sites for hydroxylation is 2. The largest absolute Gasteiger partial charge is 0.328 e. The first-order valence-electron chi connectivity index (χ1n) is 7.13. The molecule has 0 unspecified atom stereocenters. The highest BCUT2D eigenvalue weighted by atomic mass is 32.1. The molecule has 1 N–H and O–H groups in total. The van der Waals surface area contributed by atoms with Gasteiger partial charge >= 0.3 is 0 Å². The normalized spacial score (nSPS) is 16.4. The summed E-state index contributed by atoms with van der Waals surface area (Å²) in [5.41, 5.74) is 0. The standard InChI is InChI=1S/C15H19N3OS/c19-14(12-3-6-16-7-4-12)15-17-8-10-18(15)9-5-13-2-1-11-20-13/h1-2,8,10-12,16H,3-7,9H2. The highest BCUT2D eigenvalue weighted by molar-refractivity contribution is 7.09. The Bertz CT molecular complexity index is 555. The molecule has 0 aromatic carbocycles. The van der Waals surface area contributed by atoms with Gasteiger partial charge in [0.1, 0.15) is 0 Å². The number of Topliss-reactive ketones (excluding diaryl/α,β-unsaturated/α-hetero) is 1. The lowest BCUT2D eigenvalue weighted by atomic mass is 9.93. The van der Waals surface area contributed by atoms with E-state index in [1.54, 1.807) is 17.5 Å². The molecule has 0 bridgehead atoms. The van der Waals surface area contributed by atoms with Crippen LogP contribution >= 0.6 is 11.3 Å². The van der Waals surface area contributed by atoms with E-state index in [4.69, 9.17) is 0 Å². The van der Waals surface area contributed by atoms with E-state index in [-0.39, 0.29) is 11.7 Å². The Morgan fingerprint density at radius 2 is 2.30 bits per heavy atom. The minimum absolute atomic E-state index is 0.138. The van der Waals surface area contributed by atoms with Gasteiger partial charge in [-0.3, -0.25) is 4.79 Å². The van der Waals surface area contributed by atoms with Crippen molar-refractivity contribution in [3.8, 4) is 0 Å². The monoisotopic (exact) mass is 289 g/mol. The van der Waals surface area contributed by atoms with E-state index in [2.05, 4.69) is 27.8 Å². The van der Waals surface area contributed by atoms with E-state index in [0.29, 0.717) is 5.82 Å². The number of hydrogen-bond donors (Lipinski definition) is 1. The molecule has 0 spiro atoms. The van der Waals surface area contributed by atoms with Crippen LogP contribution in [0.1, 0.15) is 28.3 Å². The molecule has 0 amide bonds. The zero-order valence-corrected chi connectivity index (χ0v) is 12.2. The highest BCUT2D eigenvalue weighted by Gasteiger charge is 2.25. The maximum Gasteiger partial charge on any atom is 0.201 e. The van der Waals surface area contributed by atoms with Crippen LogP contribution in [0, 0.1) is 5.92 Å². The number of nitrogens with one attached hydrogen (secondary N) is 1. The van der Waals surface area contributed by atoms with Crippen LogP contribution in [0.25, 0.3) is 0 Å². The van der Waals surface area contributed by atoms with Gasteiger partial charge in [0.15, 0.2) is 5.82 Å². The Morgan fingerprint density at radius 3 is 3.05 bits per heavy atom. The van der Waals surface area contributed by atoms with Crippen molar-refractivity contribution in [2.45, 2.75) is 25.8 Å². The first kappa shape index (κ1) is 13.5. The van der Waals surface area contributed by atoms with Crippen LogP contribution < -0.4 is 5.32 Å². The number of hydrogen-bond acceptors (Lipinski definition) is 4. The van der Waals surface area contributed by atoms with E-state index in [0.717, 1.165) is 38.9 Å². The number of carbonyl (C=O) groups excluding carboxylic acids is 1. The zero-order chi connectivity index (χ0) is 13.8. The third kappa shape index (κ3) is 2.99. The molecule has 106 valence electrons. The molecule has 4 nitrogen and oxygen atoms in total. The maximum atomic E-state index is 12.5. The third-order valence-electron chi connectivity index (χ3n) is 3.83. The number of nitrogens with zero attached hydrogens (tertiary/aromatic N) is 2. The van der Waals surface area contributed by atoms with E-state index >= 15 is 0 Å². The van der Waals surface area contributed by atoms with Crippen LogP contribution in [0.5, 0.6) is 0 Å². The molecule has 3 rings (SSSR count). The van der Waals surface area contributed by atoms with Crippen molar-refractivity contribution in [2.24, 2.45) is 5.92 Å². The van der Waals surface area contributed by atoms with Crippen molar-refractivity contribution in [1.29, 1.82) is 0 Å². The predicted octanol–water partition coefficient (Wildman–Crippen LogP) is 2.37. The Balaban J connectivity index is 1.67. The number of imidazole rings is 1. The first-order valence-corrected chi connectivity index (χ1v) is 8.01. The number of thiophene rings is 1. The molecular weight excluding hydrogens is 270 g/mol. The number of carbonyl (C=O) groups is 1. The number of ketones is 1. The molecule has 1 saturated heterocycles. The lowest BCUT2D eigenvalue weighted by molar-refractivity contribution is 0.0879. The van der Waals surface area contributed by atoms with Crippen LogP contribution in [-0.4, -0.2) is 28.4 Å². The van der Waals surface area contributed by atoms with Gasteiger partial charge in [-0.25, -0.2) is 4.98 Å². The average Bonchev–Trinajstić information content (AvgIpc) is 3.16. The molecule has 20 heavy (non-hydrogen) atoms. The molecule has 1 fully saturated rings. The fourth-order valence-corrected chi connectivity index (χ4v) is 3.37. The van der Waals surface area contributed by atoms with Crippen LogP contribution in [0.2, 0.25) is 0 Å². The summed E-state index contributed by atoms with van der Waals surface area (Å²) in [6, 6.07) is 4.20. The summed E-state index contributed by atoms with van der Waals surface area (Å²) in [6.07, 6.45) is 6.47. The Morgan fingerprint density at radius 1 is 1.45 bits per heavy atom.